The highest BCUT2D eigenvalue weighted by Gasteiger charge is 2.22. The Bertz CT molecular complexity index is 185. The van der Waals surface area contributed by atoms with E-state index in [1.54, 1.807) is 0 Å². The van der Waals surface area contributed by atoms with Crippen molar-refractivity contribution >= 4 is 11.8 Å². The number of Topliss-reactive ketones (excluding diaryl/α,β-unsaturated/α-hetero) is 1. The van der Waals surface area contributed by atoms with E-state index in [4.69, 9.17) is 5.11 Å². The molecule has 0 aromatic carbocycles. The first-order valence-corrected chi connectivity index (χ1v) is 4.15. The average Bonchev–Trinajstić information content (AvgIpc) is 2.51. The zero-order valence-electron chi connectivity index (χ0n) is 6.88. The summed E-state index contributed by atoms with van der Waals surface area (Å²) >= 11 is 0. The summed E-state index contributed by atoms with van der Waals surface area (Å²) in [7, 11) is 0. The summed E-state index contributed by atoms with van der Waals surface area (Å²) in [5.41, 5.74) is 0. The minimum atomic E-state index is -0.894. The van der Waals surface area contributed by atoms with Gasteiger partial charge in [0.05, 0.1) is 6.42 Å². The SMILES string of the molecule is O=C(O)CCC(=O)C1CCNC1. The molecule has 2 N–H and O–H groups in total. The predicted molar refractivity (Wildman–Crippen MR) is 42.9 cm³/mol. The standard InChI is InChI=1S/C8H13NO3/c10-7(1-2-8(11)12)6-3-4-9-5-6/h6,9H,1-5H2,(H,11,12). The molecule has 68 valence electrons. The van der Waals surface area contributed by atoms with E-state index in [9.17, 15) is 9.59 Å². The first-order chi connectivity index (χ1) is 5.70. The van der Waals surface area contributed by atoms with Crippen LogP contribution in [-0.2, 0) is 9.59 Å². The summed E-state index contributed by atoms with van der Waals surface area (Å²) in [5, 5.41) is 11.4. The van der Waals surface area contributed by atoms with Gasteiger partial charge in [-0.05, 0) is 13.0 Å². The van der Waals surface area contributed by atoms with Gasteiger partial charge in [0.15, 0.2) is 0 Å². The fourth-order valence-corrected chi connectivity index (χ4v) is 1.36. The molecule has 1 fully saturated rings. The molecular weight excluding hydrogens is 158 g/mol. The van der Waals surface area contributed by atoms with Crippen molar-refractivity contribution in [3.05, 3.63) is 0 Å². The molecule has 1 aliphatic rings. The number of rotatable bonds is 4. The first-order valence-electron chi connectivity index (χ1n) is 4.15. The lowest BCUT2D eigenvalue weighted by Gasteiger charge is -2.04. The Balaban J connectivity index is 2.23. The van der Waals surface area contributed by atoms with E-state index >= 15 is 0 Å². The Morgan fingerprint density at radius 1 is 1.42 bits per heavy atom. The number of ketones is 1. The van der Waals surface area contributed by atoms with Crippen molar-refractivity contribution in [3.8, 4) is 0 Å². The number of carbonyl (C=O) groups excluding carboxylic acids is 1. The Morgan fingerprint density at radius 3 is 2.67 bits per heavy atom. The molecule has 4 heteroatoms. The lowest BCUT2D eigenvalue weighted by atomic mass is 10.00. The van der Waals surface area contributed by atoms with Gasteiger partial charge in [-0.3, -0.25) is 9.59 Å². The summed E-state index contributed by atoms with van der Waals surface area (Å²) in [6.45, 7) is 1.60. The van der Waals surface area contributed by atoms with E-state index in [-0.39, 0.29) is 24.5 Å². The molecule has 1 rings (SSSR count). The van der Waals surface area contributed by atoms with Gasteiger partial charge in [0.1, 0.15) is 5.78 Å². The van der Waals surface area contributed by atoms with Crippen LogP contribution >= 0.6 is 0 Å². The highest BCUT2D eigenvalue weighted by molar-refractivity contribution is 5.84. The van der Waals surface area contributed by atoms with E-state index < -0.39 is 5.97 Å². The molecule has 0 aromatic rings. The van der Waals surface area contributed by atoms with Crippen LogP contribution in [0.5, 0.6) is 0 Å². The molecule has 1 heterocycles. The molecule has 0 amide bonds. The second-order valence-electron chi connectivity index (χ2n) is 3.05. The molecule has 0 bridgehead atoms. The van der Waals surface area contributed by atoms with Crippen LogP contribution in [0.4, 0.5) is 0 Å². The molecule has 1 unspecified atom stereocenters. The van der Waals surface area contributed by atoms with Crippen LogP contribution in [0.2, 0.25) is 0 Å². The van der Waals surface area contributed by atoms with E-state index in [0.29, 0.717) is 0 Å². The van der Waals surface area contributed by atoms with Crippen molar-refractivity contribution in [2.45, 2.75) is 19.3 Å². The second-order valence-corrected chi connectivity index (χ2v) is 3.05. The lowest BCUT2D eigenvalue weighted by molar-refractivity contribution is -0.139. The van der Waals surface area contributed by atoms with E-state index in [0.717, 1.165) is 19.5 Å². The van der Waals surface area contributed by atoms with Crippen LogP contribution in [-0.4, -0.2) is 29.9 Å². The van der Waals surface area contributed by atoms with Crippen molar-refractivity contribution in [1.29, 1.82) is 0 Å². The molecule has 0 spiro atoms. The summed E-state index contributed by atoms with van der Waals surface area (Å²) in [4.78, 5) is 21.4. The van der Waals surface area contributed by atoms with Gasteiger partial charge in [-0.1, -0.05) is 0 Å². The molecule has 1 aliphatic heterocycles. The third kappa shape index (κ3) is 2.62. The van der Waals surface area contributed by atoms with Crippen LogP contribution in [0.1, 0.15) is 19.3 Å². The zero-order valence-corrected chi connectivity index (χ0v) is 6.88. The number of aliphatic carboxylic acids is 1. The molecule has 0 saturated carbocycles. The number of hydrogen-bond acceptors (Lipinski definition) is 3. The minimum Gasteiger partial charge on any atom is -0.481 e. The van der Waals surface area contributed by atoms with Crippen molar-refractivity contribution in [2.24, 2.45) is 5.92 Å². The van der Waals surface area contributed by atoms with Gasteiger partial charge in [-0.15, -0.1) is 0 Å². The fourth-order valence-electron chi connectivity index (χ4n) is 1.36. The van der Waals surface area contributed by atoms with Gasteiger partial charge in [0, 0.05) is 18.9 Å². The molecule has 12 heavy (non-hydrogen) atoms. The van der Waals surface area contributed by atoms with E-state index in [1.807, 2.05) is 0 Å². The normalized spacial score (nSPS) is 22.5. The van der Waals surface area contributed by atoms with Crippen molar-refractivity contribution < 1.29 is 14.7 Å². The number of carboxylic acids is 1. The number of carbonyl (C=O) groups is 2. The number of nitrogens with one attached hydrogen (secondary N) is 1. The van der Waals surface area contributed by atoms with E-state index in [2.05, 4.69) is 5.32 Å². The quantitative estimate of drug-likeness (QED) is 0.626. The zero-order chi connectivity index (χ0) is 8.97. The monoisotopic (exact) mass is 171 g/mol. The largest absolute Gasteiger partial charge is 0.481 e. The molecule has 0 aromatic heterocycles. The molecular formula is C8H13NO3. The Labute approximate surface area is 71.0 Å². The third-order valence-corrected chi connectivity index (χ3v) is 2.10. The predicted octanol–water partition coefficient (Wildman–Crippen LogP) is 0.0298. The van der Waals surface area contributed by atoms with Gasteiger partial charge in [0.25, 0.3) is 0 Å². The van der Waals surface area contributed by atoms with Crippen molar-refractivity contribution in [1.82, 2.24) is 5.32 Å². The maximum Gasteiger partial charge on any atom is 0.303 e. The van der Waals surface area contributed by atoms with Crippen molar-refractivity contribution in [3.63, 3.8) is 0 Å². The van der Waals surface area contributed by atoms with Gasteiger partial charge < -0.3 is 10.4 Å². The third-order valence-electron chi connectivity index (χ3n) is 2.10. The van der Waals surface area contributed by atoms with Gasteiger partial charge in [0.2, 0.25) is 0 Å². The topological polar surface area (TPSA) is 66.4 Å². The van der Waals surface area contributed by atoms with E-state index in [1.165, 1.54) is 0 Å². The number of carboxylic acid groups (broad SMARTS) is 1. The van der Waals surface area contributed by atoms with Crippen LogP contribution in [0.3, 0.4) is 0 Å². The van der Waals surface area contributed by atoms with Crippen LogP contribution in [0.25, 0.3) is 0 Å². The average molecular weight is 171 g/mol. The molecule has 1 saturated heterocycles. The smallest absolute Gasteiger partial charge is 0.303 e. The second kappa shape index (κ2) is 4.21. The lowest BCUT2D eigenvalue weighted by Crippen LogP contribution is -2.18. The molecule has 4 nitrogen and oxygen atoms in total. The minimum absolute atomic E-state index is 0.0324. The van der Waals surface area contributed by atoms with Crippen LogP contribution in [0, 0.1) is 5.92 Å². The molecule has 0 aliphatic carbocycles. The summed E-state index contributed by atoms with van der Waals surface area (Å²) in [6.07, 6.45) is 1.01. The Hall–Kier alpha value is -0.900. The molecule has 0 radical (unpaired) electrons. The van der Waals surface area contributed by atoms with Crippen molar-refractivity contribution in [2.75, 3.05) is 13.1 Å². The summed E-state index contributed by atoms with van der Waals surface area (Å²) in [5.74, 6) is -0.749. The highest BCUT2D eigenvalue weighted by Crippen LogP contribution is 2.11. The van der Waals surface area contributed by atoms with Gasteiger partial charge in [-0.25, -0.2) is 0 Å². The number of hydrogen-bond donors (Lipinski definition) is 2. The summed E-state index contributed by atoms with van der Waals surface area (Å²) in [6, 6.07) is 0. The van der Waals surface area contributed by atoms with Crippen LogP contribution in [0.15, 0.2) is 0 Å². The van der Waals surface area contributed by atoms with Gasteiger partial charge in [-0.2, -0.15) is 0 Å². The Morgan fingerprint density at radius 2 is 2.17 bits per heavy atom. The summed E-state index contributed by atoms with van der Waals surface area (Å²) < 4.78 is 0. The van der Waals surface area contributed by atoms with Crippen LogP contribution < -0.4 is 5.32 Å². The van der Waals surface area contributed by atoms with Gasteiger partial charge >= 0.3 is 5.97 Å². The first kappa shape index (κ1) is 9.19. The fraction of sp³-hybridized carbons (Fsp3) is 0.750. The maximum absolute atomic E-state index is 11.2. The molecule has 1 atom stereocenters. The maximum atomic E-state index is 11.2. The highest BCUT2D eigenvalue weighted by atomic mass is 16.4. The Kier molecular flexibility index (Phi) is 3.22.